The maximum absolute atomic E-state index is 12.9. The molecule has 0 saturated heterocycles. The van der Waals surface area contributed by atoms with Gasteiger partial charge in [0, 0.05) is 19.3 Å². The standard InChI is InChI=1S/C71H132O6/c1-4-7-10-13-16-19-21-23-25-27-28-29-30-31-32-33-34-35-36-37-38-39-40-41-42-44-45-47-49-52-55-58-61-64-70(73)76-67-68(66-75-69(72)63-60-57-54-51-18-15-12-9-6-3)77-71(74)65-62-59-56-53-50-48-46-43-26-24-22-20-17-14-11-8-5-2/h8,11,17,20,24,26,68H,4-7,9-10,12-16,18-19,21-23,25,27-67H2,1-3H3/b11-8-,20-17-,26-24-. The molecular formula is C71H132O6. The molecule has 0 radical (unpaired) electrons. The lowest BCUT2D eigenvalue weighted by Crippen LogP contribution is -2.30. The number of ether oxygens (including phenoxy) is 3. The zero-order valence-electron chi connectivity index (χ0n) is 52.0. The Hall–Kier alpha value is -2.37. The fourth-order valence-electron chi connectivity index (χ4n) is 10.5. The van der Waals surface area contributed by atoms with Gasteiger partial charge in [0.2, 0.25) is 0 Å². The van der Waals surface area contributed by atoms with Gasteiger partial charge >= 0.3 is 17.9 Å². The molecule has 452 valence electrons. The summed E-state index contributed by atoms with van der Waals surface area (Å²) in [6.45, 7) is 6.56. The number of hydrogen-bond acceptors (Lipinski definition) is 6. The van der Waals surface area contributed by atoms with E-state index in [-0.39, 0.29) is 31.1 Å². The first kappa shape index (κ1) is 74.6. The summed E-state index contributed by atoms with van der Waals surface area (Å²) in [6, 6.07) is 0. The molecule has 1 atom stereocenters. The van der Waals surface area contributed by atoms with Crippen LogP contribution in [0, 0.1) is 0 Å². The highest BCUT2D eigenvalue weighted by molar-refractivity contribution is 5.71. The van der Waals surface area contributed by atoms with E-state index in [4.69, 9.17) is 14.2 Å². The van der Waals surface area contributed by atoms with Crippen molar-refractivity contribution in [1.82, 2.24) is 0 Å². The lowest BCUT2D eigenvalue weighted by atomic mass is 10.0. The predicted octanol–water partition coefficient (Wildman–Crippen LogP) is 23.6. The molecule has 0 aliphatic carbocycles. The van der Waals surface area contributed by atoms with Crippen LogP contribution in [0.4, 0.5) is 0 Å². The Bertz CT molecular complexity index is 1290. The highest BCUT2D eigenvalue weighted by Gasteiger charge is 2.19. The van der Waals surface area contributed by atoms with Crippen LogP contribution >= 0.6 is 0 Å². The Morgan fingerprint density at radius 1 is 0.273 bits per heavy atom. The van der Waals surface area contributed by atoms with Crippen molar-refractivity contribution in [1.29, 1.82) is 0 Å². The Morgan fingerprint density at radius 3 is 0.792 bits per heavy atom. The van der Waals surface area contributed by atoms with Crippen molar-refractivity contribution < 1.29 is 28.6 Å². The minimum Gasteiger partial charge on any atom is -0.462 e. The van der Waals surface area contributed by atoms with E-state index < -0.39 is 6.10 Å². The van der Waals surface area contributed by atoms with Gasteiger partial charge in [-0.3, -0.25) is 14.4 Å². The molecule has 0 N–H and O–H groups in total. The van der Waals surface area contributed by atoms with Gasteiger partial charge in [0.25, 0.3) is 0 Å². The summed E-state index contributed by atoms with van der Waals surface area (Å²) in [6.07, 6.45) is 82.1. The van der Waals surface area contributed by atoms with Crippen molar-refractivity contribution in [3.05, 3.63) is 36.5 Å². The summed E-state index contributed by atoms with van der Waals surface area (Å²) in [5, 5.41) is 0. The highest BCUT2D eigenvalue weighted by Crippen LogP contribution is 2.19. The average molecular weight is 1080 g/mol. The molecule has 0 bridgehead atoms. The van der Waals surface area contributed by atoms with Crippen LogP contribution in [0.15, 0.2) is 36.5 Å². The predicted molar refractivity (Wildman–Crippen MR) is 335 cm³/mol. The number of carbonyl (C=O) groups excluding carboxylic acids is 3. The van der Waals surface area contributed by atoms with E-state index >= 15 is 0 Å². The Labute approximate surface area is 480 Å². The van der Waals surface area contributed by atoms with Crippen LogP contribution < -0.4 is 0 Å². The smallest absolute Gasteiger partial charge is 0.306 e. The van der Waals surface area contributed by atoms with Crippen LogP contribution in [0.5, 0.6) is 0 Å². The number of rotatable bonds is 64. The summed E-state index contributed by atoms with van der Waals surface area (Å²) >= 11 is 0. The quantitative estimate of drug-likeness (QED) is 0.0261. The summed E-state index contributed by atoms with van der Waals surface area (Å²) < 4.78 is 16.9. The molecule has 0 aromatic rings. The van der Waals surface area contributed by atoms with E-state index in [1.807, 2.05) is 0 Å². The summed E-state index contributed by atoms with van der Waals surface area (Å²) in [7, 11) is 0. The molecule has 0 aromatic heterocycles. The molecule has 0 heterocycles. The molecule has 0 fully saturated rings. The van der Waals surface area contributed by atoms with Crippen LogP contribution in [0.3, 0.4) is 0 Å². The molecule has 0 spiro atoms. The second-order valence-electron chi connectivity index (χ2n) is 23.4. The summed E-state index contributed by atoms with van der Waals surface area (Å²) in [4.78, 5) is 38.2. The molecule has 1 unspecified atom stereocenters. The first-order valence-electron chi connectivity index (χ1n) is 34.5. The Kier molecular flexibility index (Phi) is 64.1. The first-order chi connectivity index (χ1) is 38.0. The minimum atomic E-state index is -0.773. The Morgan fingerprint density at radius 2 is 0.506 bits per heavy atom. The molecule has 0 rings (SSSR count). The number of hydrogen-bond donors (Lipinski definition) is 0. The Balaban J connectivity index is 4.00. The third kappa shape index (κ3) is 64.3. The van der Waals surface area contributed by atoms with Crippen molar-refractivity contribution >= 4 is 17.9 Å². The van der Waals surface area contributed by atoms with Crippen molar-refractivity contribution in [3.63, 3.8) is 0 Å². The van der Waals surface area contributed by atoms with E-state index in [9.17, 15) is 14.4 Å². The largest absolute Gasteiger partial charge is 0.462 e. The van der Waals surface area contributed by atoms with Gasteiger partial charge in [-0.1, -0.05) is 346 Å². The molecule has 6 heteroatoms. The van der Waals surface area contributed by atoms with Crippen LogP contribution in [-0.2, 0) is 28.6 Å². The van der Waals surface area contributed by atoms with E-state index in [0.717, 1.165) is 83.5 Å². The van der Waals surface area contributed by atoms with E-state index in [2.05, 4.69) is 57.2 Å². The minimum absolute atomic E-state index is 0.0714. The SMILES string of the molecule is CC/C=C\C/C=C\C/C=C\CCCCCCCCCC(=O)OC(COC(=O)CCCCCCCCCCC)COC(=O)CCCCCCCCCCCCCCCCCCCCCCCCCCCCCCCCCCC. The van der Waals surface area contributed by atoms with Gasteiger partial charge in [0.05, 0.1) is 0 Å². The second kappa shape index (κ2) is 66.1. The van der Waals surface area contributed by atoms with Gasteiger partial charge in [-0.25, -0.2) is 0 Å². The molecule has 0 amide bonds. The van der Waals surface area contributed by atoms with Crippen LogP contribution in [0.2, 0.25) is 0 Å². The third-order valence-corrected chi connectivity index (χ3v) is 15.7. The molecule has 6 nitrogen and oxygen atoms in total. The molecule has 0 saturated carbocycles. The van der Waals surface area contributed by atoms with Gasteiger partial charge in [0.1, 0.15) is 13.2 Å². The van der Waals surface area contributed by atoms with Gasteiger partial charge in [-0.05, 0) is 51.4 Å². The maximum Gasteiger partial charge on any atom is 0.306 e. The van der Waals surface area contributed by atoms with Crippen LogP contribution in [0.1, 0.15) is 380 Å². The van der Waals surface area contributed by atoms with E-state index in [1.165, 1.54) is 257 Å². The molecule has 0 aromatic carbocycles. The van der Waals surface area contributed by atoms with Gasteiger partial charge in [-0.2, -0.15) is 0 Å². The fraction of sp³-hybridized carbons (Fsp3) is 0.873. The second-order valence-corrected chi connectivity index (χ2v) is 23.4. The topological polar surface area (TPSA) is 78.9 Å². The zero-order chi connectivity index (χ0) is 55.7. The monoisotopic (exact) mass is 1080 g/mol. The molecule has 0 aliphatic rings. The van der Waals surface area contributed by atoms with Crippen molar-refractivity contribution in [2.24, 2.45) is 0 Å². The molecule has 0 aliphatic heterocycles. The average Bonchev–Trinajstić information content (AvgIpc) is 3.43. The highest BCUT2D eigenvalue weighted by atomic mass is 16.6. The summed E-state index contributed by atoms with van der Waals surface area (Å²) in [5.74, 6) is -0.861. The van der Waals surface area contributed by atoms with Crippen molar-refractivity contribution in [2.45, 2.75) is 386 Å². The first-order valence-corrected chi connectivity index (χ1v) is 34.5. The number of unbranched alkanes of at least 4 members (excludes halogenated alkanes) is 47. The fourth-order valence-corrected chi connectivity index (χ4v) is 10.5. The van der Waals surface area contributed by atoms with Crippen LogP contribution in [-0.4, -0.2) is 37.2 Å². The maximum atomic E-state index is 12.9. The normalized spacial score (nSPS) is 12.2. The lowest BCUT2D eigenvalue weighted by Gasteiger charge is -2.18. The van der Waals surface area contributed by atoms with Crippen LogP contribution in [0.25, 0.3) is 0 Å². The number of carbonyl (C=O) groups is 3. The molecular weight excluding hydrogens is 949 g/mol. The number of esters is 3. The van der Waals surface area contributed by atoms with E-state index in [1.54, 1.807) is 0 Å². The zero-order valence-corrected chi connectivity index (χ0v) is 52.0. The van der Waals surface area contributed by atoms with E-state index in [0.29, 0.717) is 19.3 Å². The lowest BCUT2D eigenvalue weighted by molar-refractivity contribution is -0.167. The van der Waals surface area contributed by atoms with Crippen molar-refractivity contribution in [3.8, 4) is 0 Å². The van der Waals surface area contributed by atoms with Gasteiger partial charge in [-0.15, -0.1) is 0 Å². The summed E-state index contributed by atoms with van der Waals surface area (Å²) in [5.41, 5.74) is 0. The van der Waals surface area contributed by atoms with Gasteiger partial charge in [0.15, 0.2) is 6.10 Å². The van der Waals surface area contributed by atoms with Crippen molar-refractivity contribution in [2.75, 3.05) is 13.2 Å². The molecule has 77 heavy (non-hydrogen) atoms. The van der Waals surface area contributed by atoms with Gasteiger partial charge < -0.3 is 14.2 Å². The number of allylic oxidation sites excluding steroid dienone is 6. The third-order valence-electron chi connectivity index (χ3n) is 15.7.